The van der Waals surface area contributed by atoms with E-state index in [2.05, 4.69) is 10.2 Å². The molecule has 0 N–H and O–H groups in total. The number of hydrogen-bond acceptors (Lipinski definition) is 8. The maximum Gasteiger partial charge on any atom is 0.277 e. The molecule has 0 atom stereocenters. The Morgan fingerprint density at radius 3 is 2.70 bits per heavy atom. The topological polar surface area (TPSA) is 103 Å². The number of benzene rings is 2. The Morgan fingerprint density at radius 1 is 1.03 bits per heavy atom. The first-order chi connectivity index (χ1) is 16.0. The summed E-state index contributed by atoms with van der Waals surface area (Å²) in [5, 5.41) is 8.32. The van der Waals surface area contributed by atoms with Gasteiger partial charge >= 0.3 is 0 Å². The Morgan fingerprint density at radius 2 is 1.85 bits per heavy atom. The maximum atomic E-state index is 12.9. The lowest BCUT2D eigenvalue weighted by atomic mass is 10.0. The summed E-state index contributed by atoms with van der Waals surface area (Å²) in [6.45, 7) is 1.42. The van der Waals surface area contributed by atoms with Crippen molar-refractivity contribution in [2.24, 2.45) is 0 Å². The molecule has 1 aliphatic carbocycles. The van der Waals surface area contributed by atoms with Crippen molar-refractivity contribution in [3.8, 4) is 11.5 Å². The summed E-state index contributed by atoms with van der Waals surface area (Å²) in [4.78, 5) is 12.8. The van der Waals surface area contributed by atoms with E-state index in [-0.39, 0.29) is 27.5 Å². The molecule has 1 fully saturated rings. The minimum absolute atomic E-state index is 0.00746. The predicted molar refractivity (Wildman–Crippen MR) is 123 cm³/mol. The number of thioether (sulfide) groups is 1. The number of Topliss-reactive ketones (excluding diaryl/α,β-unsaturated/α-hetero) is 1. The molecular weight excluding hydrogens is 462 g/mol. The summed E-state index contributed by atoms with van der Waals surface area (Å²) in [7, 11) is -3.63. The Balaban J connectivity index is 1.27. The maximum absolute atomic E-state index is 12.9. The number of carbonyl (C=O) groups excluding carboxylic acids is 1. The summed E-state index contributed by atoms with van der Waals surface area (Å²) >= 11 is 1.17. The number of hydrogen-bond donors (Lipinski definition) is 0. The molecule has 1 aliphatic heterocycles. The monoisotopic (exact) mass is 485 g/mol. The summed E-state index contributed by atoms with van der Waals surface area (Å²) in [6.07, 6.45) is 3.25. The van der Waals surface area contributed by atoms with E-state index in [1.165, 1.54) is 33.3 Å². The largest absolute Gasteiger partial charge is 0.411 e. The van der Waals surface area contributed by atoms with E-state index in [1.807, 2.05) is 18.2 Å². The highest BCUT2D eigenvalue weighted by Crippen LogP contribution is 2.28. The molecule has 0 bridgehead atoms. The molecule has 10 heteroatoms. The Hall–Kier alpha value is -2.53. The second-order valence-electron chi connectivity index (χ2n) is 7.97. The van der Waals surface area contributed by atoms with Crippen molar-refractivity contribution in [2.45, 2.75) is 29.4 Å². The lowest BCUT2D eigenvalue weighted by Gasteiger charge is -2.26. The molecule has 2 aliphatic rings. The number of sulfonamides is 1. The molecule has 2 heterocycles. The number of rotatable bonds is 7. The molecule has 5 rings (SSSR count). The van der Waals surface area contributed by atoms with Crippen molar-refractivity contribution >= 4 is 27.6 Å². The number of fused-ring (bicyclic) bond motifs is 1. The molecule has 172 valence electrons. The highest BCUT2D eigenvalue weighted by Gasteiger charge is 2.27. The molecule has 33 heavy (non-hydrogen) atoms. The fourth-order valence-electron chi connectivity index (χ4n) is 4.07. The first kappa shape index (κ1) is 22.3. The van der Waals surface area contributed by atoms with Crippen molar-refractivity contribution in [1.29, 1.82) is 0 Å². The molecule has 1 saturated heterocycles. The van der Waals surface area contributed by atoms with Crippen LogP contribution in [0.5, 0.6) is 0 Å². The van der Waals surface area contributed by atoms with Crippen molar-refractivity contribution in [2.75, 3.05) is 32.1 Å². The fourth-order valence-corrected chi connectivity index (χ4v) is 6.18. The number of aromatic nitrogens is 2. The van der Waals surface area contributed by atoms with Crippen LogP contribution < -0.4 is 0 Å². The summed E-state index contributed by atoms with van der Waals surface area (Å²) in [5.41, 5.74) is 3.80. The normalized spacial score (nSPS) is 16.6. The van der Waals surface area contributed by atoms with E-state index in [9.17, 15) is 13.2 Å². The van der Waals surface area contributed by atoms with Gasteiger partial charge in [-0.3, -0.25) is 4.79 Å². The highest BCUT2D eigenvalue weighted by atomic mass is 32.2. The molecule has 0 spiro atoms. The molecule has 8 nitrogen and oxygen atoms in total. The minimum atomic E-state index is -3.63. The first-order valence-corrected chi connectivity index (χ1v) is 13.2. The first-order valence-electron chi connectivity index (χ1n) is 10.8. The van der Waals surface area contributed by atoms with Gasteiger partial charge < -0.3 is 9.15 Å². The van der Waals surface area contributed by atoms with Crippen LogP contribution in [-0.4, -0.2) is 60.8 Å². The van der Waals surface area contributed by atoms with Crippen molar-refractivity contribution < 1.29 is 22.4 Å². The summed E-state index contributed by atoms with van der Waals surface area (Å²) < 4.78 is 38.2. The molecule has 3 aromatic rings. The van der Waals surface area contributed by atoms with Gasteiger partial charge in [-0.05, 0) is 54.7 Å². The number of carbonyl (C=O) groups is 1. The summed E-state index contributed by atoms with van der Waals surface area (Å²) in [5.74, 6) is 0.404. The van der Waals surface area contributed by atoms with E-state index in [4.69, 9.17) is 9.15 Å². The van der Waals surface area contributed by atoms with Crippen LogP contribution in [0.15, 0.2) is 57.0 Å². The second kappa shape index (κ2) is 9.38. The van der Waals surface area contributed by atoms with Crippen LogP contribution in [0.1, 0.15) is 27.9 Å². The smallest absolute Gasteiger partial charge is 0.277 e. The molecule has 0 saturated carbocycles. The van der Waals surface area contributed by atoms with Crippen LogP contribution in [0, 0.1) is 0 Å². The van der Waals surface area contributed by atoms with Gasteiger partial charge in [-0.2, -0.15) is 4.31 Å². The average Bonchev–Trinajstić information content (AvgIpc) is 3.52. The third-order valence-electron chi connectivity index (χ3n) is 5.84. The van der Waals surface area contributed by atoms with Gasteiger partial charge in [-0.25, -0.2) is 8.42 Å². The zero-order chi connectivity index (χ0) is 22.8. The Kier molecular flexibility index (Phi) is 6.33. The van der Waals surface area contributed by atoms with E-state index < -0.39 is 10.0 Å². The zero-order valence-corrected chi connectivity index (χ0v) is 19.5. The number of aryl methyl sites for hydroxylation is 2. The Bertz CT molecular complexity index is 1280. The standard InChI is InChI=1S/C23H23N3O5S2/c27-21(18-8-7-16-3-1-4-17(16)13-18)15-32-23-25-24-22(31-23)19-5-2-6-20(14-19)33(28,29)26-9-11-30-12-10-26/h2,5-8,13-14H,1,3-4,9-12,15H2. The van der Waals surface area contributed by atoms with E-state index in [0.29, 0.717) is 37.4 Å². The second-order valence-corrected chi connectivity index (χ2v) is 10.8. The number of nitrogens with zero attached hydrogens (tertiary/aromatic N) is 3. The third-order valence-corrected chi connectivity index (χ3v) is 8.56. The van der Waals surface area contributed by atoms with Crippen LogP contribution >= 0.6 is 11.8 Å². The van der Waals surface area contributed by atoms with Gasteiger partial charge in [0.1, 0.15) is 0 Å². The van der Waals surface area contributed by atoms with Gasteiger partial charge in [0.15, 0.2) is 5.78 Å². The quantitative estimate of drug-likeness (QED) is 0.371. The van der Waals surface area contributed by atoms with Gasteiger partial charge in [0.25, 0.3) is 5.22 Å². The van der Waals surface area contributed by atoms with Gasteiger partial charge in [-0.1, -0.05) is 30.0 Å². The van der Waals surface area contributed by atoms with Gasteiger partial charge in [0, 0.05) is 24.2 Å². The van der Waals surface area contributed by atoms with Crippen LogP contribution in [0.2, 0.25) is 0 Å². The summed E-state index contributed by atoms with van der Waals surface area (Å²) in [6, 6.07) is 12.4. The van der Waals surface area contributed by atoms with Crippen LogP contribution in [0.3, 0.4) is 0 Å². The minimum Gasteiger partial charge on any atom is -0.411 e. The van der Waals surface area contributed by atoms with Crippen LogP contribution in [0.4, 0.5) is 0 Å². The van der Waals surface area contributed by atoms with Crippen molar-refractivity contribution in [1.82, 2.24) is 14.5 Å². The van der Waals surface area contributed by atoms with Crippen molar-refractivity contribution in [3.05, 3.63) is 59.2 Å². The lowest BCUT2D eigenvalue weighted by molar-refractivity contribution is 0.0730. The highest BCUT2D eigenvalue weighted by molar-refractivity contribution is 7.99. The molecule has 2 aromatic carbocycles. The molecular formula is C23H23N3O5S2. The number of morpholine rings is 1. The van der Waals surface area contributed by atoms with Crippen LogP contribution in [-0.2, 0) is 27.6 Å². The molecule has 0 unspecified atom stereocenters. The molecule has 0 radical (unpaired) electrons. The predicted octanol–water partition coefficient (Wildman–Crippen LogP) is 3.22. The number of ketones is 1. The van der Waals surface area contributed by atoms with Crippen molar-refractivity contribution in [3.63, 3.8) is 0 Å². The van der Waals surface area contributed by atoms with Gasteiger partial charge in [0.05, 0.1) is 23.9 Å². The van der Waals surface area contributed by atoms with E-state index in [1.54, 1.807) is 18.2 Å². The average molecular weight is 486 g/mol. The fraction of sp³-hybridized carbons (Fsp3) is 0.348. The zero-order valence-electron chi connectivity index (χ0n) is 17.9. The molecule has 0 amide bonds. The lowest BCUT2D eigenvalue weighted by Crippen LogP contribution is -2.40. The Labute approximate surface area is 196 Å². The van der Waals surface area contributed by atoms with Gasteiger partial charge in [0.2, 0.25) is 15.9 Å². The number of ether oxygens (including phenoxy) is 1. The molecule has 1 aromatic heterocycles. The van der Waals surface area contributed by atoms with Gasteiger partial charge in [-0.15, -0.1) is 10.2 Å². The van der Waals surface area contributed by atoms with E-state index in [0.717, 1.165) is 19.3 Å². The van der Waals surface area contributed by atoms with Crippen LogP contribution in [0.25, 0.3) is 11.5 Å². The van der Waals surface area contributed by atoms with E-state index >= 15 is 0 Å². The SMILES string of the molecule is O=C(CSc1nnc(-c2cccc(S(=O)(=O)N3CCOCC3)c2)o1)c1ccc2c(c1)CCC2. The third kappa shape index (κ3) is 4.74.